The third kappa shape index (κ3) is 1.99. The summed E-state index contributed by atoms with van der Waals surface area (Å²) in [6.45, 7) is 3.55. The van der Waals surface area contributed by atoms with Crippen LogP contribution >= 0.6 is 0 Å². The average Bonchev–Trinajstić information content (AvgIpc) is 2.69. The van der Waals surface area contributed by atoms with Crippen molar-refractivity contribution in [2.75, 3.05) is 0 Å². The normalized spacial score (nSPS) is 16.4. The van der Waals surface area contributed by atoms with E-state index in [1.807, 2.05) is 6.92 Å². The second-order valence-corrected chi connectivity index (χ2v) is 4.76. The van der Waals surface area contributed by atoms with Gasteiger partial charge in [0.2, 0.25) is 0 Å². The highest BCUT2D eigenvalue weighted by atomic mass is 16.4. The Morgan fingerprint density at radius 2 is 1.94 bits per heavy atom. The van der Waals surface area contributed by atoms with E-state index in [2.05, 4.69) is 0 Å². The van der Waals surface area contributed by atoms with Gasteiger partial charge < -0.3 is 9.67 Å². The number of pyridine rings is 1. The maximum Gasteiger partial charge on any atom is 0.341 e. The van der Waals surface area contributed by atoms with Gasteiger partial charge in [0.15, 0.2) is 0 Å². The molecule has 0 spiro atoms. The Hall–Kier alpha value is -1.58. The minimum absolute atomic E-state index is 0.0810. The molecule has 1 aliphatic carbocycles. The molecule has 2 rings (SSSR count). The van der Waals surface area contributed by atoms with Gasteiger partial charge in [0, 0.05) is 11.7 Å². The molecule has 4 nitrogen and oxygen atoms in total. The van der Waals surface area contributed by atoms with Gasteiger partial charge in [-0.25, -0.2) is 4.79 Å². The molecule has 0 amide bonds. The summed E-state index contributed by atoms with van der Waals surface area (Å²) in [6.07, 6.45) is 4.19. The van der Waals surface area contributed by atoms with E-state index in [4.69, 9.17) is 5.11 Å². The predicted octanol–water partition coefficient (Wildman–Crippen LogP) is 2.28. The number of carboxylic acids is 1. The van der Waals surface area contributed by atoms with E-state index in [9.17, 15) is 9.59 Å². The molecule has 0 saturated heterocycles. The molecular formula is C13H17NO3. The first-order valence-electron chi connectivity index (χ1n) is 5.98. The minimum Gasteiger partial charge on any atom is -0.477 e. The molecule has 1 heterocycles. The molecule has 1 N–H and O–H groups in total. The lowest BCUT2D eigenvalue weighted by molar-refractivity contribution is 0.0693. The Bertz CT molecular complexity index is 510. The summed E-state index contributed by atoms with van der Waals surface area (Å²) in [5.74, 6) is -1.13. The zero-order chi connectivity index (χ0) is 12.6. The smallest absolute Gasteiger partial charge is 0.341 e. The Labute approximate surface area is 99.9 Å². The van der Waals surface area contributed by atoms with Gasteiger partial charge in [-0.1, -0.05) is 12.8 Å². The van der Waals surface area contributed by atoms with Gasteiger partial charge in [-0.15, -0.1) is 0 Å². The summed E-state index contributed by atoms with van der Waals surface area (Å²) in [6, 6.07) is 1.98. The molecule has 0 aliphatic heterocycles. The van der Waals surface area contributed by atoms with Crippen molar-refractivity contribution in [2.24, 2.45) is 0 Å². The molecule has 92 valence electrons. The highest BCUT2D eigenvalue weighted by molar-refractivity contribution is 5.88. The second kappa shape index (κ2) is 4.35. The van der Waals surface area contributed by atoms with Crippen molar-refractivity contribution in [3.05, 3.63) is 33.2 Å². The Morgan fingerprint density at radius 1 is 1.35 bits per heavy atom. The molecule has 0 radical (unpaired) electrons. The first-order valence-corrected chi connectivity index (χ1v) is 5.98. The summed E-state index contributed by atoms with van der Waals surface area (Å²) < 4.78 is 1.67. The van der Waals surface area contributed by atoms with Crippen LogP contribution in [0.1, 0.15) is 53.3 Å². The largest absolute Gasteiger partial charge is 0.477 e. The average molecular weight is 235 g/mol. The van der Waals surface area contributed by atoms with E-state index in [1.54, 1.807) is 17.6 Å². The molecule has 0 atom stereocenters. The molecule has 1 fully saturated rings. The van der Waals surface area contributed by atoms with Crippen molar-refractivity contribution in [3.63, 3.8) is 0 Å². The van der Waals surface area contributed by atoms with Crippen LogP contribution in [0, 0.1) is 13.8 Å². The molecule has 1 saturated carbocycles. The minimum atomic E-state index is -1.13. The standard InChI is InChI=1S/C13H17NO3/c1-8-7-9(2)14(10-5-3-4-6-10)12(15)11(8)13(16)17/h7,10H,3-6H2,1-2H3,(H,16,17). The molecule has 1 aromatic rings. The van der Waals surface area contributed by atoms with E-state index in [0.717, 1.165) is 31.4 Å². The van der Waals surface area contributed by atoms with Gasteiger partial charge >= 0.3 is 5.97 Å². The van der Waals surface area contributed by atoms with Crippen LogP contribution in [0.25, 0.3) is 0 Å². The van der Waals surface area contributed by atoms with Crippen LogP contribution in [-0.4, -0.2) is 15.6 Å². The van der Waals surface area contributed by atoms with Crippen LogP contribution in [0.4, 0.5) is 0 Å². The maximum absolute atomic E-state index is 12.2. The van der Waals surface area contributed by atoms with Gasteiger partial charge in [-0.05, 0) is 38.3 Å². The summed E-state index contributed by atoms with van der Waals surface area (Å²) in [7, 11) is 0. The molecule has 0 bridgehead atoms. The molecule has 1 aromatic heterocycles. The highest BCUT2D eigenvalue weighted by Gasteiger charge is 2.23. The van der Waals surface area contributed by atoms with E-state index in [1.165, 1.54) is 0 Å². The summed E-state index contributed by atoms with van der Waals surface area (Å²) in [4.78, 5) is 23.3. The number of nitrogens with zero attached hydrogens (tertiary/aromatic N) is 1. The fraction of sp³-hybridized carbons (Fsp3) is 0.538. The number of rotatable bonds is 2. The lowest BCUT2D eigenvalue weighted by Crippen LogP contribution is -2.31. The van der Waals surface area contributed by atoms with Crippen molar-refractivity contribution in [1.82, 2.24) is 4.57 Å². The second-order valence-electron chi connectivity index (χ2n) is 4.76. The summed E-state index contributed by atoms with van der Waals surface area (Å²) >= 11 is 0. The first-order chi connectivity index (χ1) is 8.02. The Morgan fingerprint density at radius 3 is 2.47 bits per heavy atom. The molecule has 1 aliphatic rings. The Balaban J connectivity index is 2.62. The van der Waals surface area contributed by atoms with Gasteiger partial charge in [-0.2, -0.15) is 0 Å². The van der Waals surface area contributed by atoms with E-state index >= 15 is 0 Å². The lowest BCUT2D eigenvalue weighted by Gasteiger charge is -2.18. The number of carbonyl (C=O) groups is 1. The number of aromatic carboxylic acids is 1. The lowest BCUT2D eigenvalue weighted by atomic mass is 10.1. The van der Waals surface area contributed by atoms with Crippen molar-refractivity contribution >= 4 is 5.97 Å². The van der Waals surface area contributed by atoms with Crippen molar-refractivity contribution in [1.29, 1.82) is 0 Å². The molecule has 0 aromatic carbocycles. The Kier molecular flexibility index (Phi) is 3.05. The number of aryl methyl sites for hydroxylation is 2. The van der Waals surface area contributed by atoms with Crippen LogP contribution in [0.5, 0.6) is 0 Å². The van der Waals surface area contributed by atoms with E-state index in [0.29, 0.717) is 5.56 Å². The van der Waals surface area contributed by atoms with Crippen LogP contribution in [0.3, 0.4) is 0 Å². The van der Waals surface area contributed by atoms with E-state index in [-0.39, 0.29) is 17.2 Å². The van der Waals surface area contributed by atoms with Gasteiger partial charge in [0.1, 0.15) is 5.56 Å². The number of carboxylic acid groups (broad SMARTS) is 1. The third-order valence-electron chi connectivity index (χ3n) is 3.54. The summed E-state index contributed by atoms with van der Waals surface area (Å²) in [5.41, 5.74) is 0.989. The highest BCUT2D eigenvalue weighted by Crippen LogP contribution is 2.29. The number of hydrogen-bond donors (Lipinski definition) is 1. The zero-order valence-corrected chi connectivity index (χ0v) is 10.2. The molecule has 17 heavy (non-hydrogen) atoms. The van der Waals surface area contributed by atoms with E-state index < -0.39 is 5.97 Å². The van der Waals surface area contributed by atoms with Gasteiger partial charge in [0.05, 0.1) is 0 Å². The molecule has 4 heteroatoms. The van der Waals surface area contributed by atoms with Gasteiger partial charge in [0.25, 0.3) is 5.56 Å². The number of hydrogen-bond acceptors (Lipinski definition) is 2. The SMILES string of the molecule is Cc1cc(C)n(C2CCCC2)c(=O)c1C(=O)O. The van der Waals surface area contributed by atoms with Crippen molar-refractivity contribution in [3.8, 4) is 0 Å². The quantitative estimate of drug-likeness (QED) is 0.855. The topological polar surface area (TPSA) is 59.3 Å². The first kappa shape index (κ1) is 11.9. The predicted molar refractivity (Wildman–Crippen MR) is 64.6 cm³/mol. The van der Waals surface area contributed by atoms with Crippen molar-refractivity contribution in [2.45, 2.75) is 45.6 Å². The zero-order valence-electron chi connectivity index (χ0n) is 10.2. The summed E-state index contributed by atoms with van der Waals surface area (Å²) in [5, 5.41) is 9.09. The van der Waals surface area contributed by atoms with Crippen LogP contribution < -0.4 is 5.56 Å². The molecular weight excluding hydrogens is 218 g/mol. The van der Waals surface area contributed by atoms with Crippen LogP contribution in [0.2, 0.25) is 0 Å². The third-order valence-corrected chi connectivity index (χ3v) is 3.54. The monoisotopic (exact) mass is 235 g/mol. The maximum atomic E-state index is 12.2. The van der Waals surface area contributed by atoms with Crippen molar-refractivity contribution < 1.29 is 9.90 Å². The van der Waals surface area contributed by atoms with Gasteiger partial charge in [-0.3, -0.25) is 4.79 Å². The van der Waals surface area contributed by atoms with Crippen LogP contribution in [-0.2, 0) is 0 Å². The molecule has 0 unspecified atom stereocenters. The fourth-order valence-electron chi connectivity index (χ4n) is 2.78. The fourth-order valence-corrected chi connectivity index (χ4v) is 2.78. The number of aromatic nitrogens is 1. The van der Waals surface area contributed by atoms with Crippen LogP contribution in [0.15, 0.2) is 10.9 Å².